The quantitative estimate of drug-likeness (QED) is 0.475. The van der Waals surface area contributed by atoms with Gasteiger partial charge in [0.05, 0.1) is 11.2 Å². The van der Waals surface area contributed by atoms with Gasteiger partial charge in [-0.1, -0.05) is 38.1 Å². The molecule has 3 heteroatoms. The lowest BCUT2D eigenvalue weighted by Crippen LogP contribution is -2.55. The molecule has 1 aromatic heterocycles. The molecule has 7 rings (SSSR count). The van der Waals surface area contributed by atoms with E-state index >= 15 is 0 Å². The summed E-state index contributed by atoms with van der Waals surface area (Å²) in [4.78, 5) is 7.00. The summed E-state index contributed by atoms with van der Waals surface area (Å²) in [7, 11) is 2.33. The molecule has 2 aromatic rings. The van der Waals surface area contributed by atoms with E-state index < -0.39 is 0 Å². The number of benzene rings is 1. The Morgan fingerprint density at radius 1 is 1.11 bits per heavy atom. The molecule has 1 aromatic carbocycles. The third-order valence-electron chi connectivity index (χ3n) is 10.9. The molecule has 3 fully saturated rings. The first kappa shape index (κ1) is 22.2. The Bertz CT molecular complexity index is 1230. The summed E-state index contributed by atoms with van der Waals surface area (Å²) in [5.41, 5.74) is 4.83. The summed E-state index contributed by atoms with van der Waals surface area (Å²) in [6.45, 7) is 6.07. The molecule has 3 heterocycles. The zero-order valence-corrected chi connectivity index (χ0v) is 21.7. The highest BCUT2D eigenvalue weighted by Crippen LogP contribution is 2.69. The monoisotopic (exact) mass is 468 g/mol. The van der Waals surface area contributed by atoms with Crippen molar-refractivity contribution in [2.75, 3.05) is 13.6 Å². The highest BCUT2D eigenvalue weighted by atomic mass is 16.5. The molecule has 184 valence electrons. The molecule has 0 amide bonds. The Morgan fingerprint density at radius 3 is 2.91 bits per heavy atom. The fourth-order valence-electron chi connectivity index (χ4n) is 9.16. The fraction of sp³-hybridized carbons (Fsp3) is 0.594. The van der Waals surface area contributed by atoms with Crippen LogP contribution < -0.4 is 0 Å². The van der Waals surface area contributed by atoms with Crippen LogP contribution in [0.1, 0.15) is 83.1 Å². The van der Waals surface area contributed by atoms with Crippen LogP contribution in [0.15, 0.2) is 60.0 Å². The molecule has 1 saturated heterocycles. The number of nitrogens with zero attached hydrogens (tertiary/aromatic N) is 2. The van der Waals surface area contributed by atoms with Crippen molar-refractivity contribution in [1.82, 2.24) is 9.88 Å². The number of hydrogen-bond donors (Lipinski definition) is 0. The van der Waals surface area contributed by atoms with Gasteiger partial charge >= 0.3 is 0 Å². The average Bonchev–Trinajstić information content (AvgIpc) is 3.38. The molecular formula is C32H40N2O. The number of allylic oxidation sites excluding steroid dienone is 1. The van der Waals surface area contributed by atoms with Crippen molar-refractivity contribution >= 4 is 10.8 Å². The van der Waals surface area contributed by atoms with Crippen LogP contribution in [0.25, 0.3) is 10.8 Å². The maximum atomic E-state index is 7.50. The smallest absolute Gasteiger partial charge is 0.0974 e. The lowest BCUT2D eigenvalue weighted by Gasteiger charge is -2.55. The maximum Gasteiger partial charge on any atom is 0.0974 e. The van der Waals surface area contributed by atoms with Crippen molar-refractivity contribution < 1.29 is 4.74 Å². The highest BCUT2D eigenvalue weighted by Gasteiger charge is 2.66. The van der Waals surface area contributed by atoms with E-state index in [1.165, 1.54) is 86.2 Å². The lowest BCUT2D eigenvalue weighted by molar-refractivity contribution is -0.140. The van der Waals surface area contributed by atoms with Gasteiger partial charge in [-0.25, -0.2) is 0 Å². The van der Waals surface area contributed by atoms with Crippen LogP contribution in [0.4, 0.5) is 0 Å². The summed E-state index contributed by atoms with van der Waals surface area (Å²) >= 11 is 0. The van der Waals surface area contributed by atoms with Gasteiger partial charge in [0.25, 0.3) is 0 Å². The zero-order chi connectivity index (χ0) is 23.8. The van der Waals surface area contributed by atoms with Crippen molar-refractivity contribution in [3.8, 4) is 0 Å². The van der Waals surface area contributed by atoms with Crippen molar-refractivity contribution in [3.05, 3.63) is 65.5 Å². The van der Waals surface area contributed by atoms with E-state index in [0.29, 0.717) is 17.9 Å². The SMILES string of the molecule is CCCN(C)[C@@H]1CCC2=CC3=CC[C@]4(C)[C@@H](c5ccc6ccncc6c5)CC[C@H]4[C@@]34CC[C@]2(C1)O4. The van der Waals surface area contributed by atoms with Gasteiger partial charge in [0.15, 0.2) is 0 Å². The maximum absolute atomic E-state index is 7.50. The molecular weight excluding hydrogens is 428 g/mol. The van der Waals surface area contributed by atoms with Crippen LogP contribution in [-0.4, -0.2) is 40.7 Å². The summed E-state index contributed by atoms with van der Waals surface area (Å²) in [5, 5.41) is 2.56. The van der Waals surface area contributed by atoms with Crippen molar-refractivity contribution in [2.45, 2.75) is 94.8 Å². The Kier molecular flexibility index (Phi) is 4.93. The third kappa shape index (κ3) is 3.07. The Labute approximate surface area is 210 Å². The van der Waals surface area contributed by atoms with Crippen LogP contribution in [0.2, 0.25) is 0 Å². The predicted octanol–water partition coefficient (Wildman–Crippen LogP) is 7.19. The number of pyridine rings is 1. The minimum atomic E-state index is -0.0606. The second kappa shape index (κ2) is 7.76. The van der Waals surface area contributed by atoms with E-state index in [2.05, 4.69) is 67.2 Å². The molecule has 3 nitrogen and oxygen atoms in total. The van der Waals surface area contributed by atoms with E-state index in [0.717, 1.165) is 0 Å². The topological polar surface area (TPSA) is 25.4 Å². The first-order valence-electron chi connectivity index (χ1n) is 14.1. The molecule has 2 spiro atoms. The molecule has 5 aliphatic rings. The van der Waals surface area contributed by atoms with Crippen LogP contribution >= 0.6 is 0 Å². The first-order chi connectivity index (χ1) is 17.0. The van der Waals surface area contributed by atoms with Crippen molar-refractivity contribution in [1.29, 1.82) is 0 Å². The van der Waals surface area contributed by atoms with E-state index in [1.807, 2.05) is 12.4 Å². The molecule has 2 bridgehead atoms. The van der Waals surface area contributed by atoms with Crippen LogP contribution in [0, 0.1) is 11.3 Å². The zero-order valence-electron chi connectivity index (χ0n) is 21.7. The Morgan fingerprint density at radius 2 is 2.03 bits per heavy atom. The minimum absolute atomic E-state index is 0.00673. The summed E-state index contributed by atoms with van der Waals surface area (Å²) in [6, 6.07) is 9.90. The van der Waals surface area contributed by atoms with Gasteiger partial charge < -0.3 is 9.64 Å². The second-order valence-electron chi connectivity index (χ2n) is 12.6. The number of hydrogen-bond acceptors (Lipinski definition) is 3. The number of aromatic nitrogens is 1. The van der Waals surface area contributed by atoms with Crippen LogP contribution in [0.5, 0.6) is 0 Å². The first-order valence-corrected chi connectivity index (χ1v) is 14.1. The largest absolute Gasteiger partial charge is 0.359 e. The Balaban J connectivity index is 1.24. The van der Waals surface area contributed by atoms with Crippen LogP contribution in [0.3, 0.4) is 0 Å². The molecule has 0 unspecified atom stereocenters. The molecule has 35 heavy (non-hydrogen) atoms. The number of rotatable bonds is 4. The van der Waals surface area contributed by atoms with E-state index in [4.69, 9.17) is 4.74 Å². The second-order valence-corrected chi connectivity index (χ2v) is 12.6. The van der Waals surface area contributed by atoms with Gasteiger partial charge in [0.1, 0.15) is 0 Å². The van der Waals surface area contributed by atoms with Crippen molar-refractivity contribution in [3.63, 3.8) is 0 Å². The molecule has 3 aliphatic carbocycles. The van der Waals surface area contributed by atoms with Gasteiger partial charge in [0, 0.05) is 23.8 Å². The van der Waals surface area contributed by atoms with Gasteiger partial charge in [-0.3, -0.25) is 4.98 Å². The summed E-state index contributed by atoms with van der Waals surface area (Å²) in [6.07, 6.45) is 20.2. The predicted molar refractivity (Wildman–Crippen MR) is 142 cm³/mol. The van der Waals surface area contributed by atoms with E-state index in [1.54, 1.807) is 5.57 Å². The molecule has 0 radical (unpaired) electrons. The molecule has 6 atom stereocenters. The fourth-order valence-corrected chi connectivity index (χ4v) is 9.16. The van der Waals surface area contributed by atoms with Gasteiger partial charge in [0.2, 0.25) is 0 Å². The van der Waals surface area contributed by atoms with Gasteiger partial charge in [-0.2, -0.15) is 0 Å². The van der Waals surface area contributed by atoms with Crippen molar-refractivity contribution in [2.24, 2.45) is 11.3 Å². The molecule has 2 saturated carbocycles. The summed E-state index contributed by atoms with van der Waals surface area (Å²) < 4.78 is 7.50. The van der Waals surface area contributed by atoms with Gasteiger partial charge in [-0.15, -0.1) is 0 Å². The lowest BCUT2D eigenvalue weighted by atomic mass is 9.58. The minimum Gasteiger partial charge on any atom is -0.359 e. The van der Waals surface area contributed by atoms with E-state index in [-0.39, 0.29) is 16.6 Å². The number of ether oxygens (including phenoxy) is 1. The Hall–Kier alpha value is -1.97. The summed E-state index contributed by atoms with van der Waals surface area (Å²) in [5.74, 6) is 1.19. The normalized spacial score (nSPS) is 39.7. The van der Waals surface area contributed by atoms with Gasteiger partial charge in [-0.05, 0) is 123 Å². The van der Waals surface area contributed by atoms with Crippen LogP contribution in [-0.2, 0) is 4.74 Å². The standard InChI is InChI=1S/C32H40N2O/c1-4-17-34(3)27-8-7-25-19-26-11-13-30(2)28(23-6-5-22-12-16-33-21-24(22)18-23)9-10-29(30)32(26)15-14-31(25,20-27)35-32/h5-6,11-12,16,18-19,21,27-29H,4,7-10,13-15,17,20H2,1-3H3/t27-,28-,29-,30-,31-,32-/m1/s1. The van der Waals surface area contributed by atoms with E-state index in [9.17, 15) is 0 Å². The average molecular weight is 469 g/mol. The highest BCUT2D eigenvalue weighted by molar-refractivity contribution is 5.82. The third-order valence-corrected chi connectivity index (χ3v) is 10.9. The number of fused-ring (bicyclic) bond motifs is 2. The molecule has 0 N–H and O–H groups in total. The molecule has 2 aliphatic heterocycles.